The highest BCUT2D eigenvalue weighted by Crippen LogP contribution is 2.34. The lowest BCUT2D eigenvalue weighted by molar-refractivity contribution is -0.166. The molecular weight excluding hydrogens is 477 g/mol. The van der Waals surface area contributed by atoms with E-state index in [9.17, 15) is 31.5 Å². The molecule has 0 radical (unpaired) electrons. The standard InChI is InChI=1S/C22H24F5N5O3/c1-5-6-31-10-15(14-7-19(29-13(3)33)28-9-17(14)31)16-8-18(35-11-21(4,23)24)20(34)32(30-16)12(2)22(25,26)27/h7-10,12H,5-6,11H2,1-4H3,(H,28,29,33)/t12-/m0/s1. The lowest BCUT2D eigenvalue weighted by atomic mass is 10.1. The molecule has 13 heteroatoms. The van der Waals surface area contributed by atoms with Gasteiger partial charge < -0.3 is 14.6 Å². The van der Waals surface area contributed by atoms with Gasteiger partial charge in [-0.15, -0.1) is 0 Å². The number of pyridine rings is 1. The molecule has 0 aliphatic rings. The van der Waals surface area contributed by atoms with E-state index >= 15 is 0 Å². The second-order valence-electron chi connectivity index (χ2n) is 8.22. The molecule has 8 nitrogen and oxygen atoms in total. The Bertz CT molecular complexity index is 1290. The van der Waals surface area contributed by atoms with Crippen LogP contribution in [-0.2, 0) is 11.3 Å². The molecule has 0 bridgehead atoms. The molecule has 1 atom stereocenters. The van der Waals surface area contributed by atoms with Gasteiger partial charge in [-0.05, 0) is 19.4 Å². The van der Waals surface area contributed by atoms with Crippen molar-refractivity contribution in [3.63, 3.8) is 0 Å². The molecule has 35 heavy (non-hydrogen) atoms. The number of carbonyl (C=O) groups is 1. The van der Waals surface area contributed by atoms with Crippen LogP contribution in [0.3, 0.4) is 0 Å². The molecule has 3 rings (SSSR count). The fourth-order valence-electron chi connectivity index (χ4n) is 3.40. The smallest absolute Gasteiger partial charge is 0.410 e. The van der Waals surface area contributed by atoms with Crippen molar-refractivity contribution in [3.8, 4) is 17.0 Å². The average molecular weight is 501 g/mol. The van der Waals surface area contributed by atoms with Gasteiger partial charge in [0.25, 0.3) is 5.92 Å². The first kappa shape index (κ1) is 26.1. The minimum Gasteiger partial charge on any atom is -0.481 e. The number of alkyl halides is 5. The highest BCUT2D eigenvalue weighted by atomic mass is 19.4. The van der Waals surface area contributed by atoms with Crippen LogP contribution in [0.4, 0.5) is 27.8 Å². The van der Waals surface area contributed by atoms with Gasteiger partial charge in [0, 0.05) is 43.6 Å². The fraction of sp³-hybridized carbons (Fsp3) is 0.455. The van der Waals surface area contributed by atoms with Gasteiger partial charge in [0.2, 0.25) is 5.91 Å². The number of aryl methyl sites for hydroxylation is 1. The number of halogens is 5. The highest BCUT2D eigenvalue weighted by Gasteiger charge is 2.39. The Balaban J connectivity index is 2.27. The van der Waals surface area contributed by atoms with E-state index < -0.39 is 36.1 Å². The third-order valence-corrected chi connectivity index (χ3v) is 5.04. The van der Waals surface area contributed by atoms with Crippen LogP contribution in [0.25, 0.3) is 22.2 Å². The van der Waals surface area contributed by atoms with Gasteiger partial charge in [-0.3, -0.25) is 9.59 Å². The van der Waals surface area contributed by atoms with Crippen LogP contribution in [0.5, 0.6) is 5.75 Å². The first-order valence-electron chi connectivity index (χ1n) is 10.7. The van der Waals surface area contributed by atoms with Gasteiger partial charge in [0.15, 0.2) is 12.4 Å². The van der Waals surface area contributed by atoms with Crippen LogP contribution >= 0.6 is 0 Å². The maximum absolute atomic E-state index is 13.5. The van der Waals surface area contributed by atoms with Gasteiger partial charge >= 0.3 is 11.7 Å². The number of ether oxygens (including phenoxy) is 1. The largest absolute Gasteiger partial charge is 0.481 e. The quantitative estimate of drug-likeness (QED) is 0.449. The van der Waals surface area contributed by atoms with E-state index in [2.05, 4.69) is 15.4 Å². The number of fused-ring (bicyclic) bond motifs is 1. The van der Waals surface area contributed by atoms with Gasteiger partial charge in [0.1, 0.15) is 11.9 Å². The molecule has 3 aromatic heterocycles. The number of aromatic nitrogens is 4. The molecule has 1 amide bonds. The van der Waals surface area contributed by atoms with Gasteiger partial charge in [-0.1, -0.05) is 6.92 Å². The van der Waals surface area contributed by atoms with Gasteiger partial charge in [-0.25, -0.2) is 18.4 Å². The van der Waals surface area contributed by atoms with Crippen molar-refractivity contribution in [2.45, 2.75) is 58.8 Å². The monoisotopic (exact) mass is 501 g/mol. The normalized spacial score (nSPS) is 13.2. The number of amides is 1. The lowest BCUT2D eigenvalue weighted by Crippen LogP contribution is -2.35. The summed E-state index contributed by atoms with van der Waals surface area (Å²) in [5.74, 6) is -4.21. The number of nitrogens with one attached hydrogen (secondary N) is 1. The second kappa shape index (κ2) is 9.62. The second-order valence-corrected chi connectivity index (χ2v) is 8.22. The first-order chi connectivity index (χ1) is 16.2. The number of anilines is 1. The van der Waals surface area contributed by atoms with E-state index in [1.807, 2.05) is 6.92 Å². The summed E-state index contributed by atoms with van der Waals surface area (Å²) in [6.07, 6.45) is -1.01. The SMILES string of the molecule is CCCn1cc(-c2cc(OCC(C)(F)F)c(=O)n([C@@H](C)C(F)(F)F)n2)c2cc(NC(C)=O)ncc21. The minimum atomic E-state index is -4.83. The van der Waals surface area contributed by atoms with Crippen molar-refractivity contribution in [3.05, 3.63) is 34.9 Å². The number of nitrogens with zero attached hydrogens (tertiary/aromatic N) is 4. The maximum Gasteiger partial charge on any atom is 0.410 e. The molecule has 0 aliphatic heterocycles. The Labute approximate surface area is 196 Å². The zero-order valence-corrected chi connectivity index (χ0v) is 19.4. The zero-order valence-electron chi connectivity index (χ0n) is 19.4. The number of hydrogen-bond acceptors (Lipinski definition) is 5. The van der Waals surface area contributed by atoms with Crippen molar-refractivity contribution in [2.24, 2.45) is 0 Å². The van der Waals surface area contributed by atoms with Gasteiger partial charge in [-0.2, -0.15) is 18.3 Å². The summed E-state index contributed by atoms with van der Waals surface area (Å²) in [5, 5.41) is 6.93. The summed E-state index contributed by atoms with van der Waals surface area (Å²) in [7, 11) is 0. The van der Waals surface area contributed by atoms with E-state index in [0.29, 0.717) is 36.4 Å². The molecule has 0 aliphatic carbocycles. The Kier molecular flexibility index (Phi) is 7.18. The third kappa shape index (κ3) is 5.95. The van der Waals surface area contributed by atoms with Crippen LogP contribution in [0.2, 0.25) is 0 Å². The van der Waals surface area contributed by atoms with E-state index in [4.69, 9.17) is 4.74 Å². The van der Waals surface area contributed by atoms with E-state index in [0.717, 1.165) is 13.0 Å². The predicted molar refractivity (Wildman–Crippen MR) is 119 cm³/mol. The Morgan fingerprint density at radius 3 is 2.49 bits per heavy atom. The van der Waals surface area contributed by atoms with Crippen molar-refractivity contribution >= 4 is 22.6 Å². The van der Waals surface area contributed by atoms with Crippen molar-refractivity contribution < 1.29 is 31.5 Å². The molecule has 190 valence electrons. The minimum absolute atomic E-state index is 0.102. The lowest BCUT2D eigenvalue weighted by Gasteiger charge is -2.19. The van der Waals surface area contributed by atoms with Crippen LogP contribution in [0.1, 0.15) is 40.2 Å². The number of rotatable bonds is 8. The molecule has 0 unspecified atom stereocenters. The summed E-state index contributed by atoms with van der Waals surface area (Å²) in [4.78, 5) is 28.3. The summed E-state index contributed by atoms with van der Waals surface area (Å²) in [6, 6.07) is 0.209. The Morgan fingerprint density at radius 1 is 1.23 bits per heavy atom. The van der Waals surface area contributed by atoms with E-state index in [1.54, 1.807) is 10.8 Å². The molecule has 0 fully saturated rings. The van der Waals surface area contributed by atoms with Crippen LogP contribution in [0.15, 0.2) is 29.3 Å². The molecule has 3 heterocycles. The van der Waals surface area contributed by atoms with Crippen molar-refractivity contribution in [2.75, 3.05) is 11.9 Å². The number of hydrogen-bond donors (Lipinski definition) is 1. The number of carbonyl (C=O) groups excluding carboxylic acids is 1. The topological polar surface area (TPSA) is 91.0 Å². The molecule has 3 aromatic rings. The summed E-state index contributed by atoms with van der Waals surface area (Å²) in [5.41, 5.74) is -0.490. The third-order valence-electron chi connectivity index (χ3n) is 5.04. The first-order valence-corrected chi connectivity index (χ1v) is 10.7. The van der Waals surface area contributed by atoms with Crippen molar-refractivity contribution in [1.29, 1.82) is 0 Å². The molecule has 0 saturated carbocycles. The molecular formula is C22H24F5N5O3. The van der Waals surface area contributed by atoms with Gasteiger partial charge in [0.05, 0.1) is 17.4 Å². The molecule has 0 spiro atoms. The summed E-state index contributed by atoms with van der Waals surface area (Å²) >= 11 is 0. The highest BCUT2D eigenvalue weighted by molar-refractivity contribution is 5.98. The molecule has 1 N–H and O–H groups in total. The molecule has 0 saturated heterocycles. The van der Waals surface area contributed by atoms with Crippen LogP contribution in [0, 0.1) is 0 Å². The Morgan fingerprint density at radius 2 is 1.91 bits per heavy atom. The van der Waals surface area contributed by atoms with Crippen LogP contribution in [-0.4, -0.2) is 43.9 Å². The zero-order chi connectivity index (χ0) is 26.1. The average Bonchev–Trinajstić information content (AvgIpc) is 3.09. The summed E-state index contributed by atoms with van der Waals surface area (Å²) in [6.45, 7) is 3.82. The molecule has 0 aromatic carbocycles. The van der Waals surface area contributed by atoms with E-state index in [-0.39, 0.29) is 22.1 Å². The fourth-order valence-corrected chi connectivity index (χ4v) is 3.40. The summed E-state index contributed by atoms with van der Waals surface area (Å²) < 4.78 is 74.1. The van der Waals surface area contributed by atoms with Crippen LogP contribution < -0.4 is 15.6 Å². The maximum atomic E-state index is 13.5. The Hall–Kier alpha value is -3.51. The predicted octanol–water partition coefficient (Wildman–Crippen LogP) is 4.79. The van der Waals surface area contributed by atoms with Crippen molar-refractivity contribution in [1.82, 2.24) is 19.3 Å². The van der Waals surface area contributed by atoms with E-state index in [1.165, 1.54) is 19.2 Å².